The van der Waals surface area contributed by atoms with Crippen molar-refractivity contribution in [1.82, 2.24) is 14.5 Å². The zero-order valence-electron chi connectivity index (χ0n) is 12.3. The maximum atomic E-state index is 13.4. The molecule has 0 aliphatic heterocycles. The van der Waals surface area contributed by atoms with Crippen LogP contribution in [0.5, 0.6) is 5.75 Å². The average molecular weight is 330 g/mol. The molecule has 8 heteroatoms. The number of carbonyl (C=O) groups excluding carboxylic acids is 1. The van der Waals surface area contributed by atoms with Crippen molar-refractivity contribution < 1.29 is 18.3 Å². The minimum absolute atomic E-state index is 0.194. The molecule has 2 aromatic heterocycles. The molecule has 3 aromatic rings. The molecule has 1 amide bonds. The molecule has 0 aliphatic rings. The van der Waals surface area contributed by atoms with Crippen LogP contribution in [0.1, 0.15) is 0 Å². The van der Waals surface area contributed by atoms with E-state index in [-0.39, 0.29) is 5.75 Å². The highest BCUT2D eigenvalue weighted by molar-refractivity contribution is 5.91. The third kappa shape index (κ3) is 3.72. The Labute approximate surface area is 135 Å². The van der Waals surface area contributed by atoms with Gasteiger partial charge >= 0.3 is 0 Å². The lowest BCUT2D eigenvalue weighted by Gasteiger charge is -2.08. The summed E-state index contributed by atoms with van der Waals surface area (Å²) in [5.74, 6) is -1.62. The van der Waals surface area contributed by atoms with Crippen molar-refractivity contribution in [3.8, 4) is 11.6 Å². The SMILES string of the molecule is O=C(COc1ccc(F)cc1F)Nc1ccc(-n2ccnc2)nc1. The molecular weight excluding hydrogens is 318 g/mol. The van der Waals surface area contributed by atoms with Crippen LogP contribution in [0.25, 0.3) is 5.82 Å². The molecule has 2 heterocycles. The Morgan fingerprint density at radius 3 is 2.79 bits per heavy atom. The van der Waals surface area contributed by atoms with Crippen LogP contribution in [-0.4, -0.2) is 27.0 Å². The number of halogens is 2. The quantitative estimate of drug-likeness (QED) is 0.781. The minimum Gasteiger partial charge on any atom is -0.481 e. The largest absolute Gasteiger partial charge is 0.481 e. The summed E-state index contributed by atoms with van der Waals surface area (Å²) in [7, 11) is 0. The van der Waals surface area contributed by atoms with Crippen molar-refractivity contribution in [3.63, 3.8) is 0 Å². The van der Waals surface area contributed by atoms with Gasteiger partial charge in [0.15, 0.2) is 18.2 Å². The molecule has 3 rings (SSSR count). The Kier molecular flexibility index (Phi) is 4.46. The van der Waals surface area contributed by atoms with Crippen LogP contribution in [0.3, 0.4) is 0 Å². The van der Waals surface area contributed by atoms with E-state index < -0.39 is 24.1 Å². The van der Waals surface area contributed by atoms with Crippen molar-refractivity contribution in [2.45, 2.75) is 0 Å². The summed E-state index contributed by atoms with van der Waals surface area (Å²) < 4.78 is 32.9. The van der Waals surface area contributed by atoms with Gasteiger partial charge in [0, 0.05) is 18.5 Å². The summed E-state index contributed by atoms with van der Waals surface area (Å²) in [6.45, 7) is -0.411. The Bertz CT molecular complexity index is 836. The molecule has 6 nitrogen and oxygen atoms in total. The summed E-state index contributed by atoms with van der Waals surface area (Å²) in [6.07, 6.45) is 6.45. The zero-order valence-corrected chi connectivity index (χ0v) is 12.3. The number of pyridine rings is 1. The number of rotatable bonds is 5. The van der Waals surface area contributed by atoms with E-state index >= 15 is 0 Å². The van der Waals surface area contributed by atoms with E-state index in [1.165, 1.54) is 6.20 Å². The first-order valence-corrected chi connectivity index (χ1v) is 6.94. The zero-order chi connectivity index (χ0) is 16.9. The van der Waals surface area contributed by atoms with Crippen LogP contribution in [0.15, 0.2) is 55.2 Å². The average Bonchev–Trinajstić information content (AvgIpc) is 3.09. The molecule has 0 unspecified atom stereocenters. The molecule has 0 saturated carbocycles. The third-order valence-corrected chi connectivity index (χ3v) is 3.05. The molecule has 0 radical (unpaired) electrons. The molecule has 0 atom stereocenters. The smallest absolute Gasteiger partial charge is 0.262 e. The van der Waals surface area contributed by atoms with Gasteiger partial charge in [0.25, 0.3) is 5.91 Å². The standard InChI is InChI=1S/C16H12F2N4O2/c17-11-1-3-14(13(18)7-11)24-9-16(23)21-12-2-4-15(20-8-12)22-6-5-19-10-22/h1-8,10H,9H2,(H,21,23). The number of hydrogen-bond donors (Lipinski definition) is 1. The maximum absolute atomic E-state index is 13.4. The molecule has 0 bridgehead atoms. The lowest BCUT2D eigenvalue weighted by atomic mass is 10.3. The number of benzene rings is 1. The molecule has 1 N–H and O–H groups in total. The second kappa shape index (κ2) is 6.86. The van der Waals surface area contributed by atoms with E-state index in [0.717, 1.165) is 12.1 Å². The molecule has 122 valence electrons. The summed E-state index contributed by atoms with van der Waals surface area (Å²) in [4.78, 5) is 19.9. The van der Waals surface area contributed by atoms with Crippen LogP contribution in [0.2, 0.25) is 0 Å². The summed E-state index contributed by atoms with van der Waals surface area (Å²) in [6, 6.07) is 6.23. The second-order valence-electron chi connectivity index (χ2n) is 4.79. The molecule has 0 saturated heterocycles. The number of nitrogens with zero attached hydrogens (tertiary/aromatic N) is 3. The number of amides is 1. The van der Waals surface area contributed by atoms with Crippen LogP contribution < -0.4 is 10.1 Å². The van der Waals surface area contributed by atoms with Crippen LogP contribution in [-0.2, 0) is 4.79 Å². The van der Waals surface area contributed by atoms with Crippen molar-refractivity contribution in [1.29, 1.82) is 0 Å². The van der Waals surface area contributed by atoms with E-state index in [0.29, 0.717) is 17.6 Å². The van der Waals surface area contributed by atoms with Crippen LogP contribution in [0.4, 0.5) is 14.5 Å². The number of anilines is 1. The number of nitrogens with one attached hydrogen (secondary N) is 1. The highest BCUT2D eigenvalue weighted by Gasteiger charge is 2.09. The van der Waals surface area contributed by atoms with E-state index in [1.807, 2.05) is 0 Å². The van der Waals surface area contributed by atoms with Gasteiger partial charge in [-0.05, 0) is 24.3 Å². The molecule has 0 spiro atoms. The fraction of sp³-hybridized carbons (Fsp3) is 0.0625. The fourth-order valence-corrected chi connectivity index (χ4v) is 1.94. The van der Waals surface area contributed by atoms with E-state index in [4.69, 9.17) is 4.74 Å². The Hall–Kier alpha value is -3.29. The number of hydrogen-bond acceptors (Lipinski definition) is 4. The first-order chi connectivity index (χ1) is 11.6. The van der Waals surface area contributed by atoms with Gasteiger partial charge in [0.1, 0.15) is 18.0 Å². The molecule has 0 fully saturated rings. The second-order valence-corrected chi connectivity index (χ2v) is 4.79. The molecule has 1 aromatic carbocycles. The molecule has 24 heavy (non-hydrogen) atoms. The topological polar surface area (TPSA) is 69.0 Å². The van der Waals surface area contributed by atoms with Gasteiger partial charge in [-0.3, -0.25) is 9.36 Å². The predicted molar refractivity (Wildman–Crippen MR) is 81.8 cm³/mol. The first kappa shape index (κ1) is 15.6. The van der Waals surface area contributed by atoms with Gasteiger partial charge in [-0.2, -0.15) is 0 Å². The van der Waals surface area contributed by atoms with E-state index in [2.05, 4.69) is 15.3 Å². The van der Waals surface area contributed by atoms with Gasteiger partial charge in [-0.15, -0.1) is 0 Å². The fourth-order valence-electron chi connectivity index (χ4n) is 1.94. The molecular formula is C16H12F2N4O2. The van der Waals surface area contributed by atoms with Crippen molar-refractivity contribution in [3.05, 3.63) is 66.9 Å². The number of imidazole rings is 1. The van der Waals surface area contributed by atoms with Gasteiger partial charge in [0.05, 0.1) is 11.9 Å². The number of ether oxygens (including phenoxy) is 1. The summed E-state index contributed by atoms with van der Waals surface area (Å²) >= 11 is 0. The highest BCUT2D eigenvalue weighted by atomic mass is 19.1. The van der Waals surface area contributed by atoms with Crippen molar-refractivity contribution in [2.24, 2.45) is 0 Å². The van der Waals surface area contributed by atoms with Crippen LogP contribution >= 0.6 is 0 Å². The molecule has 0 aliphatic carbocycles. The predicted octanol–water partition coefficient (Wildman–Crippen LogP) is 2.56. The lowest BCUT2D eigenvalue weighted by Crippen LogP contribution is -2.20. The normalized spacial score (nSPS) is 10.4. The third-order valence-electron chi connectivity index (χ3n) is 3.05. The summed E-state index contributed by atoms with van der Waals surface area (Å²) in [5, 5.41) is 2.57. The van der Waals surface area contributed by atoms with Crippen LogP contribution in [0, 0.1) is 11.6 Å². The van der Waals surface area contributed by atoms with Crippen molar-refractivity contribution in [2.75, 3.05) is 11.9 Å². The first-order valence-electron chi connectivity index (χ1n) is 6.94. The van der Waals surface area contributed by atoms with E-state index in [1.54, 1.807) is 35.4 Å². The number of carbonyl (C=O) groups is 1. The van der Waals surface area contributed by atoms with Crippen molar-refractivity contribution >= 4 is 11.6 Å². The van der Waals surface area contributed by atoms with Gasteiger partial charge in [-0.1, -0.05) is 0 Å². The Balaban J connectivity index is 1.56. The lowest BCUT2D eigenvalue weighted by molar-refractivity contribution is -0.118. The van der Waals surface area contributed by atoms with Gasteiger partial charge < -0.3 is 10.1 Å². The Morgan fingerprint density at radius 1 is 1.25 bits per heavy atom. The minimum atomic E-state index is -0.867. The monoisotopic (exact) mass is 330 g/mol. The summed E-state index contributed by atoms with van der Waals surface area (Å²) in [5.41, 5.74) is 0.465. The van der Waals surface area contributed by atoms with Gasteiger partial charge in [0.2, 0.25) is 0 Å². The highest BCUT2D eigenvalue weighted by Crippen LogP contribution is 2.17. The van der Waals surface area contributed by atoms with E-state index in [9.17, 15) is 13.6 Å². The number of aromatic nitrogens is 3. The van der Waals surface area contributed by atoms with Gasteiger partial charge in [-0.25, -0.2) is 18.7 Å². The maximum Gasteiger partial charge on any atom is 0.262 e. The Morgan fingerprint density at radius 2 is 2.12 bits per heavy atom.